The van der Waals surface area contributed by atoms with E-state index in [1.807, 2.05) is 18.5 Å². The molecule has 0 aromatic carbocycles. The van der Waals surface area contributed by atoms with Gasteiger partial charge in [-0.05, 0) is 50.2 Å². The van der Waals surface area contributed by atoms with Gasteiger partial charge < -0.3 is 15.5 Å². The predicted molar refractivity (Wildman–Crippen MR) is 115 cm³/mol. The zero-order valence-corrected chi connectivity index (χ0v) is 17.3. The first-order valence-corrected chi connectivity index (χ1v) is 10.7. The maximum atomic E-state index is 6.21. The van der Waals surface area contributed by atoms with E-state index < -0.39 is 0 Å². The predicted octanol–water partition coefficient (Wildman–Crippen LogP) is 2.54. The molecule has 1 atom stereocenters. The summed E-state index contributed by atoms with van der Waals surface area (Å²) in [7, 11) is 0. The van der Waals surface area contributed by atoms with Gasteiger partial charge in [-0.1, -0.05) is 6.92 Å². The Hall–Kier alpha value is -2.54. The summed E-state index contributed by atoms with van der Waals surface area (Å²) in [4.78, 5) is 23.7. The molecule has 152 valence electrons. The van der Waals surface area contributed by atoms with Crippen molar-refractivity contribution in [3.63, 3.8) is 0 Å². The third-order valence-electron chi connectivity index (χ3n) is 6.96. The van der Waals surface area contributed by atoms with Gasteiger partial charge in [-0.15, -0.1) is 0 Å². The third kappa shape index (κ3) is 3.17. The van der Waals surface area contributed by atoms with Crippen LogP contribution in [0, 0.1) is 5.41 Å². The van der Waals surface area contributed by atoms with Crippen molar-refractivity contribution >= 4 is 17.3 Å². The van der Waals surface area contributed by atoms with Gasteiger partial charge >= 0.3 is 0 Å². The first kappa shape index (κ1) is 18.5. The minimum Gasteiger partial charge on any atom is -0.355 e. The van der Waals surface area contributed by atoms with Crippen LogP contribution in [0.25, 0.3) is 0 Å². The van der Waals surface area contributed by atoms with Crippen molar-refractivity contribution in [3.8, 4) is 0 Å². The highest BCUT2D eigenvalue weighted by Gasteiger charge is 2.34. The van der Waals surface area contributed by atoms with Crippen LogP contribution in [-0.2, 0) is 13.0 Å². The van der Waals surface area contributed by atoms with Gasteiger partial charge in [0.2, 0.25) is 0 Å². The van der Waals surface area contributed by atoms with Gasteiger partial charge in [0, 0.05) is 31.9 Å². The Morgan fingerprint density at radius 3 is 2.76 bits per heavy atom. The van der Waals surface area contributed by atoms with Crippen molar-refractivity contribution in [1.29, 1.82) is 0 Å². The number of nitrogens with two attached hydrogens (primary N) is 1. The molecule has 0 unspecified atom stereocenters. The maximum absolute atomic E-state index is 6.21. The molecule has 0 amide bonds. The van der Waals surface area contributed by atoms with E-state index in [-0.39, 0.29) is 11.5 Å². The maximum Gasteiger partial charge on any atom is 0.156 e. The van der Waals surface area contributed by atoms with Crippen LogP contribution in [0.3, 0.4) is 0 Å². The van der Waals surface area contributed by atoms with Crippen molar-refractivity contribution in [2.75, 3.05) is 29.4 Å². The van der Waals surface area contributed by atoms with Gasteiger partial charge in [-0.3, -0.25) is 9.98 Å². The number of pyridine rings is 1. The van der Waals surface area contributed by atoms with Crippen LogP contribution >= 0.6 is 0 Å². The summed E-state index contributed by atoms with van der Waals surface area (Å²) in [6, 6.07) is 4.34. The SMILES string of the molecule is C[C@@H](N)C1(C)CCN(c2cnc3c(n2)CN=C3N2CCCc3ncccc32)CC1. The van der Waals surface area contributed by atoms with Gasteiger partial charge in [0.25, 0.3) is 0 Å². The number of hydrogen-bond donors (Lipinski definition) is 1. The molecule has 2 aromatic heterocycles. The molecule has 29 heavy (non-hydrogen) atoms. The van der Waals surface area contributed by atoms with Crippen molar-refractivity contribution in [3.05, 3.63) is 41.6 Å². The number of anilines is 2. The fraction of sp³-hybridized carbons (Fsp3) is 0.545. The van der Waals surface area contributed by atoms with E-state index in [4.69, 9.17) is 20.7 Å². The Balaban J connectivity index is 1.36. The molecular weight excluding hydrogens is 362 g/mol. The molecule has 2 N–H and O–H groups in total. The van der Waals surface area contributed by atoms with Crippen LogP contribution in [0.2, 0.25) is 0 Å². The third-order valence-corrected chi connectivity index (χ3v) is 6.96. The Kier molecular flexibility index (Phi) is 4.50. The fourth-order valence-corrected chi connectivity index (χ4v) is 4.62. The quantitative estimate of drug-likeness (QED) is 0.847. The first-order chi connectivity index (χ1) is 14.0. The monoisotopic (exact) mass is 391 g/mol. The van der Waals surface area contributed by atoms with Crippen molar-refractivity contribution in [1.82, 2.24) is 15.0 Å². The number of aromatic nitrogens is 3. The molecule has 3 aliphatic heterocycles. The van der Waals surface area contributed by atoms with Crippen LogP contribution in [0.15, 0.2) is 29.5 Å². The second kappa shape index (κ2) is 7.06. The molecular formula is C22H29N7. The summed E-state index contributed by atoms with van der Waals surface area (Å²) >= 11 is 0. The highest BCUT2D eigenvalue weighted by Crippen LogP contribution is 2.35. The number of aryl methyl sites for hydroxylation is 1. The fourth-order valence-electron chi connectivity index (χ4n) is 4.62. The molecule has 0 aliphatic carbocycles. The minimum atomic E-state index is 0.215. The number of piperidine rings is 1. The molecule has 0 bridgehead atoms. The van der Waals surface area contributed by atoms with Crippen LogP contribution < -0.4 is 15.5 Å². The summed E-state index contributed by atoms with van der Waals surface area (Å²) in [6.07, 6.45) is 8.06. The standard InChI is InChI=1S/C22H29N7/c1-15(23)22(2)7-11-28(12-8-22)19-14-25-20-17(27-19)13-26-21(20)29-10-4-5-16-18(29)6-3-9-24-16/h3,6,9,14-15H,4-5,7-8,10-13,23H2,1-2H3/t15-/m1/s1. The zero-order chi connectivity index (χ0) is 20.0. The molecule has 0 radical (unpaired) electrons. The van der Waals surface area contributed by atoms with Crippen LogP contribution in [0.1, 0.15) is 50.2 Å². The van der Waals surface area contributed by atoms with E-state index in [9.17, 15) is 0 Å². The molecule has 5 heterocycles. The Morgan fingerprint density at radius 1 is 1.14 bits per heavy atom. The summed E-state index contributed by atoms with van der Waals surface area (Å²) in [6.45, 7) is 7.92. The lowest BCUT2D eigenvalue weighted by atomic mass is 9.75. The van der Waals surface area contributed by atoms with Gasteiger partial charge in [0.05, 0.1) is 29.8 Å². The van der Waals surface area contributed by atoms with Crippen LogP contribution in [0.5, 0.6) is 0 Å². The van der Waals surface area contributed by atoms with Crippen molar-refractivity contribution in [2.24, 2.45) is 16.1 Å². The highest BCUT2D eigenvalue weighted by atomic mass is 15.3. The van der Waals surface area contributed by atoms with E-state index in [1.54, 1.807) is 0 Å². The normalized spacial score (nSPS) is 21.4. The molecule has 7 heteroatoms. The smallest absolute Gasteiger partial charge is 0.156 e. The number of aliphatic imine (C=N–C) groups is 1. The number of nitrogens with zero attached hydrogens (tertiary/aromatic N) is 6. The van der Waals surface area contributed by atoms with E-state index in [0.717, 1.165) is 79.7 Å². The molecule has 2 aromatic rings. The van der Waals surface area contributed by atoms with E-state index >= 15 is 0 Å². The van der Waals surface area contributed by atoms with Gasteiger partial charge in [-0.2, -0.15) is 0 Å². The Morgan fingerprint density at radius 2 is 1.97 bits per heavy atom. The summed E-state index contributed by atoms with van der Waals surface area (Å²) in [5.41, 5.74) is 10.6. The average Bonchev–Trinajstić information content (AvgIpc) is 3.17. The van der Waals surface area contributed by atoms with Crippen molar-refractivity contribution < 1.29 is 0 Å². The van der Waals surface area contributed by atoms with Crippen LogP contribution in [-0.4, -0.2) is 46.5 Å². The number of fused-ring (bicyclic) bond motifs is 2. The highest BCUT2D eigenvalue weighted by molar-refractivity contribution is 6.11. The molecule has 1 fully saturated rings. The molecule has 0 saturated carbocycles. The minimum absolute atomic E-state index is 0.215. The lowest BCUT2D eigenvalue weighted by Crippen LogP contribution is -2.47. The molecule has 5 rings (SSSR count). The second-order valence-electron chi connectivity index (χ2n) is 8.82. The average molecular weight is 392 g/mol. The second-order valence-corrected chi connectivity index (χ2v) is 8.82. The van der Waals surface area contributed by atoms with Crippen molar-refractivity contribution in [2.45, 2.75) is 52.1 Å². The number of hydrogen-bond acceptors (Lipinski definition) is 7. The van der Waals surface area contributed by atoms with Gasteiger partial charge in [-0.25, -0.2) is 9.97 Å². The van der Waals surface area contributed by atoms with Gasteiger partial charge in [0.1, 0.15) is 11.5 Å². The Bertz CT molecular complexity index is 944. The van der Waals surface area contributed by atoms with Crippen LogP contribution in [0.4, 0.5) is 11.5 Å². The molecule has 7 nitrogen and oxygen atoms in total. The summed E-state index contributed by atoms with van der Waals surface area (Å²) in [5.74, 6) is 1.91. The summed E-state index contributed by atoms with van der Waals surface area (Å²) < 4.78 is 0. The lowest BCUT2D eigenvalue weighted by Gasteiger charge is -2.42. The Labute approximate surface area is 172 Å². The van der Waals surface area contributed by atoms with E-state index in [0.29, 0.717) is 6.54 Å². The number of amidine groups is 1. The molecule has 3 aliphatic rings. The van der Waals surface area contributed by atoms with E-state index in [1.165, 1.54) is 0 Å². The van der Waals surface area contributed by atoms with E-state index in [2.05, 4.69) is 34.7 Å². The van der Waals surface area contributed by atoms with Gasteiger partial charge in [0.15, 0.2) is 5.84 Å². The molecule has 1 saturated heterocycles. The lowest BCUT2D eigenvalue weighted by molar-refractivity contribution is 0.205. The first-order valence-electron chi connectivity index (χ1n) is 10.7. The largest absolute Gasteiger partial charge is 0.355 e. The zero-order valence-electron chi connectivity index (χ0n) is 17.3. The summed E-state index contributed by atoms with van der Waals surface area (Å²) in [5, 5.41) is 0. The molecule has 0 spiro atoms. The number of rotatable bonds is 2. The topological polar surface area (TPSA) is 83.5 Å².